The molecule has 1 aliphatic rings. The fourth-order valence-corrected chi connectivity index (χ4v) is 3.13. The van der Waals surface area contributed by atoms with Gasteiger partial charge in [-0.25, -0.2) is 4.98 Å². The number of rotatable bonds is 5. The third kappa shape index (κ3) is 2.81. The van der Waals surface area contributed by atoms with Gasteiger partial charge in [-0.1, -0.05) is 6.92 Å². The zero-order valence-electron chi connectivity index (χ0n) is 12.8. The number of methoxy groups -OCH3 is 1. The summed E-state index contributed by atoms with van der Waals surface area (Å²) in [7, 11) is 1.70. The molecule has 2 heterocycles. The van der Waals surface area contributed by atoms with Gasteiger partial charge in [-0.15, -0.1) is 0 Å². The molecule has 1 aliphatic heterocycles. The predicted molar refractivity (Wildman–Crippen MR) is 87.2 cm³/mol. The molecule has 1 aromatic carbocycles. The van der Waals surface area contributed by atoms with E-state index in [-0.39, 0.29) is 0 Å². The zero-order chi connectivity index (χ0) is 14.7. The number of pyridine rings is 1. The summed E-state index contributed by atoms with van der Waals surface area (Å²) in [6.45, 7) is 5.30. The van der Waals surface area contributed by atoms with Gasteiger partial charge in [0.05, 0.1) is 7.11 Å². The summed E-state index contributed by atoms with van der Waals surface area (Å²) < 4.78 is 5.32. The van der Waals surface area contributed by atoms with Gasteiger partial charge in [0, 0.05) is 30.7 Å². The van der Waals surface area contributed by atoms with Crippen molar-refractivity contribution in [1.29, 1.82) is 0 Å². The van der Waals surface area contributed by atoms with Gasteiger partial charge < -0.3 is 15.0 Å². The number of aromatic nitrogens is 1. The second-order valence-electron chi connectivity index (χ2n) is 5.52. The largest absolute Gasteiger partial charge is 0.497 e. The minimum atomic E-state index is 0.546. The molecule has 1 N–H and O–H groups in total. The van der Waals surface area contributed by atoms with E-state index in [9.17, 15) is 0 Å². The Morgan fingerprint density at radius 3 is 3.10 bits per heavy atom. The number of benzene rings is 1. The average Bonchev–Trinajstić information content (AvgIpc) is 3.00. The Hall–Kier alpha value is -1.81. The molecule has 1 aromatic heterocycles. The number of fused-ring (bicyclic) bond motifs is 1. The van der Waals surface area contributed by atoms with Crippen molar-refractivity contribution < 1.29 is 4.74 Å². The molecule has 1 saturated heterocycles. The molecule has 1 fully saturated rings. The summed E-state index contributed by atoms with van der Waals surface area (Å²) in [5.74, 6) is 2.00. The lowest BCUT2D eigenvalue weighted by molar-refractivity contribution is 0.415. The van der Waals surface area contributed by atoms with Gasteiger partial charge in [-0.3, -0.25) is 0 Å². The molecule has 0 bridgehead atoms. The van der Waals surface area contributed by atoms with Crippen LogP contribution in [-0.4, -0.2) is 37.8 Å². The molecular weight excluding hydrogens is 262 g/mol. The van der Waals surface area contributed by atoms with Gasteiger partial charge in [0.2, 0.25) is 0 Å². The van der Waals surface area contributed by atoms with E-state index < -0.39 is 0 Å². The predicted octanol–water partition coefficient (Wildman–Crippen LogP) is 2.82. The summed E-state index contributed by atoms with van der Waals surface area (Å²) in [4.78, 5) is 7.12. The van der Waals surface area contributed by atoms with Crippen molar-refractivity contribution in [2.75, 3.05) is 31.6 Å². The van der Waals surface area contributed by atoms with Crippen molar-refractivity contribution in [3.63, 3.8) is 0 Å². The van der Waals surface area contributed by atoms with Crippen molar-refractivity contribution in [2.24, 2.45) is 0 Å². The zero-order valence-corrected chi connectivity index (χ0v) is 12.8. The van der Waals surface area contributed by atoms with Crippen LogP contribution in [0.1, 0.15) is 19.8 Å². The fourth-order valence-electron chi connectivity index (χ4n) is 3.13. The highest BCUT2D eigenvalue weighted by molar-refractivity contribution is 5.93. The third-order valence-electron chi connectivity index (χ3n) is 4.23. The lowest BCUT2D eigenvalue weighted by Crippen LogP contribution is -2.38. The first-order chi connectivity index (χ1) is 10.3. The Kier molecular flexibility index (Phi) is 4.25. The highest BCUT2D eigenvalue weighted by atomic mass is 16.5. The molecule has 0 amide bonds. The average molecular weight is 285 g/mol. The molecule has 3 rings (SSSR count). The number of likely N-dealkylation sites (N-methyl/N-ethyl adjacent to an activating group) is 1. The number of hydrogen-bond acceptors (Lipinski definition) is 4. The smallest absolute Gasteiger partial charge is 0.136 e. The van der Waals surface area contributed by atoms with Crippen molar-refractivity contribution in [2.45, 2.75) is 25.8 Å². The SMILES string of the molecule is CCNCC1CCCN1c1nccc2cc(OC)ccc12. The van der Waals surface area contributed by atoms with E-state index in [1.807, 2.05) is 12.3 Å². The third-order valence-corrected chi connectivity index (χ3v) is 4.23. The van der Waals surface area contributed by atoms with Crippen LogP contribution < -0.4 is 15.0 Å². The molecule has 21 heavy (non-hydrogen) atoms. The molecule has 2 aromatic rings. The number of anilines is 1. The van der Waals surface area contributed by atoms with Crippen LogP contribution in [0.25, 0.3) is 10.8 Å². The lowest BCUT2D eigenvalue weighted by atomic mass is 10.1. The van der Waals surface area contributed by atoms with Crippen LogP contribution in [0.2, 0.25) is 0 Å². The maximum absolute atomic E-state index is 5.32. The molecule has 0 aliphatic carbocycles. The van der Waals surface area contributed by atoms with E-state index in [1.165, 1.54) is 23.6 Å². The standard InChI is InChI=1S/C17H23N3O/c1-3-18-12-14-5-4-10-20(14)17-16-7-6-15(21-2)11-13(16)8-9-19-17/h6-9,11,14,18H,3-5,10,12H2,1-2H3. The van der Waals surface area contributed by atoms with Crippen molar-refractivity contribution in [3.8, 4) is 5.75 Å². The minimum absolute atomic E-state index is 0.546. The second kappa shape index (κ2) is 6.31. The monoisotopic (exact) mass is 285 g/mol. The summed E-state index contributed by atoms with van der Waals surface area (Å²) in [5.41, 5.74) is 0. The van der Waals surface area contributed by atoms with Gasteiger partial charge >= 0.3 is 0 Å². The number of ether oxygens (including phenoxy) is 1. The van der Waals surface area contributed by atoms with Crippen LogP contribution >= 0.6 is 0 Å². The van der Waals surface area contributed by atoms with Crippen LogP contribution in [0.4, 0.5) is 5.82 Å². The second-order valence-corrected chi connectivity index (χ2v) is 5.52. The van der Waals surface area contributed by atoms with E-state index in [0.717, 1.165) is 31.2 Å². The van der Waals surface area contributed by atoms with E-state index in [2.05, 4.69) is 40.3 Å². The highest BCUT2D eigenvalue weighted by Crippen LogP contribution is 2.31. The van der Waals surface area contributed by atoms with E-state index in [0.29, 0.717) is 6.04 Å². The summed E-state index contributed by atoms with van der Waals surface area (Å²) in [6, 6.07) is 8.82. The first-order valence-electron chi connectivity index (χ1n) is 7.73. The quantitative estimate of drug-likeness (QED) is 0.916. The van der Waals surface area contributed by atoms with Gasteiger partial charge in [0.25, 0.3) is 0 Å². The Morgan fingerprint density at radius 1 is 1.38 bits per heavy atom. The number of hydrogen-bond donors (Lipinski definition) is 1. The summed E-state index contributed by atoms with van der Waals surface area (Å²) in [5, 5.41) is 5.87. The van der Waals surface area contributed by atoms with Gasteiger partial charge in [-0.2, -0.15) is 0 Å². The Labute approximate surface area is 126 Å². The first kappa shape index (κ1) is 14.1. The van der Waals surface area contributed by atoms with Gasteiger partial charge in [0.15, 0.2) is 0 Å². The number of nitrogens with zero attached hydrogens (tertiary/aromatic N) is 2. The van der Waals surface area contributed by atoms with Crippen LogP contribution in [-0.2, 0) is 0 Å². The maximum Gasteiger partial charge on any atom is 0.136 e. The van der Waals surface area contributed by atoms with E-state index in [1.54, 1.807) is 7.11 Å². The topological polar surface area (TPSA) is 37.4 Å². The van der Waals surface area contributed by atoms with Crippen LogP contribution in [0, 0.1) is 0 Å². The normalized spacial score (nSPS) is 18.4. The minimum Gasteiger partial charge on any atom is -0.497 e. The number of nitrogens with one attached hydrogen (secondary N) is 1. The Bertz CT molecular complexity index is 614. The van der Waals surface area contributed by atoms with Gasteiger partial charge in [-0.05, 0) is 49.0 Å². The molecular formula is C17H23N3O. The van der Waals surface area contributed by atoms with Crippen LogP contribution in [0.3, 0.4) is 0 Å². The molecule has 1 unspecified atom stereocenters. The molecule has 4 nitrogen and oxygen atoms in total. The highest BCUT2D eigenvalue weighted by Gasteiger charge is 2.26. The van der Waals surface area contributed by atoms with Crippen LogP contribution in [0.5, 0.6) is 5.75 Å². The molecule has 0 radical (unpaired) electrons. The van der Waals surface area contributed by atoms with E-state index in [4.69, 9.17) is 4.74 Å². The molecule has 0 spiro atoms. The molecule has 0 saturated carbocycles. The summed E-state index contributed by atoms with van der Waals surface area (Å²) in [6.07, 6.45) is 4.38. The molecule has 4 heteroatoms. The maximum atomic E-state index is 5.32. The summed E-state index contributed by atoms with van der Waals surface area (Å²) >= 11 is 0. The Morgan fingerprint density at radius 2 is 2.29 bits per heavy atom. The van der Waals surface area contributed by atoms with Crippen LogP contribution in [0.15, 0.2) is 30.5 Å². The molecule has 1 atom stereocenters. The van der Waals surface area contributed by atoms with Crippen molar-refractivity contribution in [1.82, 2.24) is 10.3 Å². The molecule has 112 valence electrons. The fraction of sp³-hybridized carbons (Fsp3) is 0.471. The van der Waals surface area contributed by atoms with Crippen molar-refractivity contribution >= 4 is 16.6 Å². The lowest BCUT2D eigenvalue weighted by Gasteiger charge is -2.27. The van der Waals surface area contributed by atoms with E-state index >= 15 is 0 Å². The Balaban J connectivity index is 1.95. The van der Waals surface area contributed by atoms with Crippen molar-refractivity contribution in [3.05, 3.63) is 30.5 Å². The van der Waals surface area contributed by atoms with Gasteiger partial charge in [0.1, 0.15) is 11.6 Å². The first-order valence-corrected chi connectivity index (χ1v) is 7.73.